The zero-order chi connectivity index (χ0) is 22.4. The van der Waals surface area contributed by atoms with Crippen molar-refractivity contribution >= 4 is 23.4 Å². The van der Waals surface area contributed by atoms with Gasteiger partial charge in [-0.1, -0.05) is 18.9 Å². The molecule has 9 nitrogen and oxygen atoms in total. The van der Waals surface area contributed by atoms with Crippen molar-refractivity contribution < 1.29 is 19.1 Å². The van der Waals surface area contributed by atoms with Gasteiger partial charge in [0.25, 0.3) is 0 Å². The number of anilines is 2. The summed E-state index contributed by atoms with van der Waals surface area (Å²) in [7, 11) is 1.28. The fourth-order valence-corrected chi connectivity index (χ4v) is 3.63. The maximum Gasteiger partial charge on any atom is 0.411 e. The zero-order valence-electron chi connectivity index (χ0n) is 17.7. The number of hydrogen-bond donors (Lipinski definition) is 4. The predicted octanol–water partition coefficient (Wildman–Crippen LogP) is 3.14. The van der Waals surface area contributed by atoms with Gasteiger partial charge in [0.2, 0.25) is 5.56 Å². The molecule has 1 amide bonds. The number of H-pyrrole nitrogens is 1. The van der Waals surface area contributed by atoms with Crippen LogP contribution in [-0.4, -0.2) is 36.8 Å². The molecule has 0 saturated carbocycles. The number of fused-ring (bicyclic) bond motifs is 4. The number of amides is 1. The van der Waals surface area contributed by atoms with E-state index in [2.05, 4.69) is 20.4 Å². The van der Waals surface area contributed by atoms with Gasteiger partial charge in [-0.2, -0.15) is 0 Å². The van der Waals surface area contributed by atoms with E-state index >= 15 is 0 Å². The number of benzene rings is 1. The standard InChI is InChI=1S/C22H28N4O5/c1-3-31-21(28)17-7-5-4-6-16(23)19-10-13(11-20(27)26-19)15-9-8-14(12-18(15)25-17)24-22(29)30-2/h8-12,16-17,25H,3-7,23H2,1-2H3,(H,24,29)(H,26,27). The van der Waals surface area contributed by atoms with Crippen LogP contribution >= 0.6 is 0 Å². The van der Waals surface area contributed by atoms with Gasteiger partial charge < -0.3 is 25.5 Å². The van der Waals surface area contributed by atoms with Crippen LogP contribution in [0.25, 0.3) is 11.1 Å². The Labute approximate surface area is 180 Å². The van der Waals surface area contributed by atoms with Gasteiger partial charge in [0.1, 0.15) is 6.04 Å². The molecular weight excluding hydrogens is 400 g/mol. The quantitative estimate of drug-likeness (QED) is 0.552. The number of methoxy groups -OCH3 is 1. The molecule has 5 N–H and O–H groups in total. The van der Waals surface area contributed by atoms with E-state index in [1.807, 2.05) is 6.07 Å². The Hall–Kier alpha value is -3.33. The molecule has 3 rings (SSSR count). The van der Waals surface area contributed by atoms with Crippen molar-refractivity contribution in [2.45, 2.75) is 44.7 Å². The lowest BCUT2D eigenvalue weighted by atomic mass is 9.97. The van der Waals surface area contributed by atoms with Crippen LogP contribution in [0.15, 0.2) is 35.1 Å². The van der Waals surface area contributed by atoms with E-state index in [1.165, 1.54) is 13.2 Å². The van der Waals surface area contributed by atoms with E-state index in [9.17, 15) is 14.4 Å². The Morgan fingerprint density at radius 1 is 1.19 bits per heavy atom. The van der Waals surface area contributed by atoms with Crippen LogP contribution in [0.5, 0.6) is 0 Å². The monoisotopic (exact) mass is 428 g/mol. The first-order valence-electron chi connectivity index (χ1n) is 10.3. The smallest absolute Gasteiger partial charge is 0.411 e. The zero-order valence-corrected chi connectivity index (χ0v) is 17.7. The van der Waals surface area contributed by atoms with Crippen molar-refractivity contribution in [3.8, 4) is 11.1 Å². The number of carbonyl (C=O) groups excluding carboxylic acids is 2. The summed E-state index contributed by atoms with van der Waals surface area (Å²) in [5, 5.41) is 5.88. The Morgan fingerprint density at radius 3 is 2.71 bits per heavy atom. The van der Waals surface area contributed by atoms with Crippen molar-refractivity contribution in [3.63, 3.8) is 0 Å². The molecule has 31 heavy (non-hydrogen) atoms. The van der Waals surface area contributed by atoms with Crippen molar-refractivity contribution in [3.05, 3.63) is 46.4 Å². The highest BCUT2D eigenvalue weighted by Crippen LogP contribution is 2.33. The molecular formula is C22H28N4O5. The lowest BCUT2D eigenvalue weighted by Crippen LogP contribution is -2.32. The third kappa shape index (κ3) is 5.64. The average molecular weight is 428 g/mol. The third-order valence-corrected chi connectivity index (χ3v) is 5.19. The van der Waals surface area contributed by atoms with E-state index in [0.29, 0.717) is 41.0 Å². The molecule has 2 bridgehead atoms. The number of ether oxygens (including phenoxy) is 2. The normalized spacial score (nSPS) is 18.4. The van der Waals surface area contributed by atoms with Gasteiger partial charge in [0, 0.05) is 34.7 Å². The molecule has 0 aliphatic carbocycles. The second kappa shape index (κ2) is 10.1. The van der Waals surface area contributed by atoms with Crippen molar-refractivity contribution in [2.24, 2.45) is 5.73 Å². The summed E-state index contributed by atoms with van der Waals surface area (Å²) >= 11 is 0. The van der Waals surface area contributed by atoms with Gasteiger partial charge in [0.15, 0.2) is 0 Å². The van der Waals surface area contributed by atoms with Gasteiger partial charge in [0.05, 0.1) is 13.7 Å². The minimum Gasteiger partial charge on any atom is -0.464 e. The van der Waals surface area contributed by atoms with Gasteiger partial charge in [-0.3, -0.25) is 10.1 Å². The summed E-state index contributed by atoms with van der Waals surface area (Å²) in [6.07, 6.45) is 2.18. The molecule has 1 aromatic heterocycles. The number of aromatic nitrogens is 1. The topological polar surface area (TPSA) is 136 Å². The van der Waals surface area contributed by atoms with Gasteiger partial charge in [-0.05, 0) is 43.5 Å². The van der Waals surface area contributed by atoms with Gasteiger partial charge in [-0.15, -0.1) is 0 Å². The highest BCUT2D eigenvalue weighted by molar-refractivity contribution is 5.90. The summed E-state index contributed by atoms with van der Waals surface area (Å²) in [5.41, 5.74) is 9.12. The third-order valence-electron chi connectivity index (χ3n) is 5.19. The number of pyridine rings is 1. The van der Waals surface area contributed by atoms with E-state index in [-0.39, 0.29) is 24.2 Å². The number of hydrogen-bond acceptors (Lipinski definition) is 7. The SMILES string of the molecule is CCOC(=O)C1CCCCC(N)c2cc(cc(=O)[nH]2)-c2ccc(NC(=O)OC)cc2N1. The maximum absolute atomic E-state index is 12.6. The first-order chi connectivity index (χ1) is 14.9. The molecule has 0 fully saturated rings. The predicted molar refractivity (Wildman–Crippen MR) is 118 cm³/mol. The highest BCUT2D eigenvalue weighted by atomic mass is 16.5. The fraction of sp³-hybridized carbons (Fsp3) is 0.409. The number of nitrogens with one attached hydrogen (secondary N) is 3. The minimum absolute atomic E-state index is 0.260. The average Bonchev–Trinajstić information content (AvgIpc) is 2.74. The second-order valence-electron chi connectivity index (χ2n) is 7.41. The lowest BCUT2D eigenvalue weighted by molar-refractivity contribution is -0.144. The molecule has 1 aliphatic rings. The van der Waals surface area contributed by atoms with Crippen LogP contribution in [0.1, 0.15) is 44.3 Å². The Balaban J connectivity index is 2.11. The second-order valence-corrected chi connectivity index (χ2v) is 7.41. The number of carbonyl (C=O) groups is 2. The van der Waals surface area contributed by atoms with Crippen LogP contribution in [0.4, 0.5) is 16.2 Å². The molecule has 2 aromatic rings. The summed E-state index contributed by atoms with van der Waals surface area (Å²) in [4.78, 5) is 39.4. The molecule has 166 valence electrons. The minimum atomic E-state index is -0.612. The fourth-order valence-electron chi connectivity index (χ4n) is 3.63. The maximum atomic E-state index is 12.6. The van der Waals surface area contributed by atoms with Gasteiger partial charge in [-0.25, -0.2) is 9.59 Å². The van der Waals surface area contributed by atoms with Crippen LogP contribution in [-0.2, 0) is 14.3 Å². The van der Waals surface area contributed by atoms with Crippen LogP contribution in [0.2, 0.25) is 0 Å². The van der Waals surface area contributed by atoms with E-state index in [1.54, 1.807) is 25.1 Å². The molecule has 2 heterocycles. The molecule has 2 atom stereocenters. The van der Waals surface area contributed by atoms with Crippen molar-refractivity contribution in [2.75, 3.05) is 24.4 Å². The van der Waals surface area contributed by atoms with Crippen molar-refractivity contribution in [1.82, 2.24) is 4.98 Å². The van der Waals surface area contributed by atoms with Crippen LogP contribution in [0.3, 0.4) is 0 Å². The van der Waals surface area contributed by atoms with E-state index in [4.69, 9.17) is 10.5 Å². The summed E-state index contributed by atoms with van der Waals surface area (Å²) < 4.78 is 9.91. The Bertz CT molecular complexity index is 1000. The summed E-state index contributed by atoms with van der Waals surface area (Å²) in [5.74, 6) is -0.354. The number of rotatable bonds is 3. The van der Waals surface area contributed by atoms with E-state index in [0.717, 1.165) is 12.8 Å². The molecule has 0 spiro atoms. The van der Waals surface area contributed by atoms with Crippen LogP contribution in [0, 0.1) is 0 Å². The van der Waals surface area contributed by atoms with Gasteiger partial charge >= 0.3 is 12.1 Å². The van der Waals surface area contributed by atoms with Crippen molar-refractivity contribution in [1.29, 1.82) is 0 Å². The summed E-state index contributed by atoms with van der Waals surface area (Å²) in [6.45, 7) is 2.03. The first kappa shape index (κ1) is 22.4. The summed E-state index contributed by atoms with van der Waals surface area (Å²) in [6, 6.07) is 7.60. The molecule has 0 radical (unpaired) electrons. The first-order valence-corrected chi connectivity index (χ1v) is 10.3. The Morgan fingerprint density at radius 2 is 1.97 bits per heavy atom. The highest BCUT2D eigenvalue weighted by Gasteiger charge is 2.23. The number of aromatic amines is 1. The molecule has 1 aliphatic heterocycles. The van der Waals surface area contributed by atoms with E-state index < -0.39 is 12.1 Å². The molecule has 0 saturated heterocycles. The largest absolute Gasteiger partial charge is 0.464 e. The lowest BCUT2D eigenvalue weighted by Gasteiger charge is -2.23. The Kier molecular flexibility index (Phi) is 7.30. The number of esters is 1. The van der Waals surface area contributed by atoms with Crippen LogP contribution < -0.4 is 21.9 Å². The molecule has 2 unspecified atom stereocenters. The number of nitrogens with two attached hydrogens (primary N) is 1. The molecule has 9 heteroatoms. The molecule has 1 aromatic carbocycles.